The fourth-order valence-corrected chi connectivity index (χ4v) is 20.4. The van der Waals surface area contributed by atoms with Gasteiger partial charge in [-0.25, -0.2) is 0 Å². The van der Waals surface area contributed by atoms with Crippen molar-refractivity contribution in [1.82, 2.24) is 0 Å². The second-order valence-electron chi connectivity index (χ2n) is 27.8. The zero-order valence-electron chi connectivity index (χ0n) is 60.2. The first-order chi connectivity index (χ1) is 55.3. The largest absolute Gasteiger partial charge is 0.398 e. The van der Waals surface area contributed by atoms with Crippen molar-refractivity contribution < 1.29 is 0 Å². The van der Waals surface area contributed by atoms with Gasteiger partial charge in [0.25, 0.3) is 0 Å². The van der Waals surface area contributed by atoms with Gasteiger partial charge in [0.1, 0.15) is 0 Å². The van der Waals surface area contributed by atoms with Crippen LogP contribution < -0.4 is 15.5 Å². The molecule has 0 saturated heterocycles. The van der Waals surface area contributed by atoms with Gasteiger partial charge < -0.3 is 15.5 Å². The van der Waals surface area contributed by atoms with Gasteiger partial charge in [0.15, 0.2) is 0 Å². The van der Waals surface area contributed by atoms with Crippen molar-refractivity contribution in [3.63, 3.8) is 0 Å². The molecule has 11 heteroatoms. The van der Waals surface area contributed by atoms with Gasteiger partial charge in [0.05, 0.1) is 0 Å². The van der Waals surface area contributed by atoms with Gasteiger partial charge in [-0.15, -0.1) is 0 Å². The van der Waals surface area contributed by atoms with Crippen molar-refractivity contribution in [2.75, 3.05) is 15.5 Å². The van der Waals surface area contributed by atoms with Crippen LogP contribution in [0.3, 0.4) is 0 Å². The highest BCUT2D eigenvalue weighted by molar-refractivity contribution is 14.1. The average molecular weight is 2020 g/mol. The molecular weight excluding hydrogens is 1950 g/mol. The van der Waals surface area contributed by atoms with Crippen LogP contribution in [-0.2, 0) is 0 Å². The Morgan fingerprint density at radius 3 is 0.956 bits per heavy atom. The van der Waals surface area contributed by atoms with E-state index in [1.165, 1.54) is 151 Å². The summed E-state index contributed by atoms with van der Waals surface area (Å²) in [4.78, 5) is 4.63. The number of hydrogen-bond donors (Lipinski definition) is 1. The van der Waals surface area contributed by atoms with Gasteiger partial charge in [-0.2, -0.15) is 0 Å². The smallest absolute Gasteiger partial charge is 0.0473 e. The van der Waals surface area contributed by atoms with Crippen LogP contribution in [0.4, 0.5) is 39.8 Å². The zero-order valence-corrected chi connectivity index (χ0v) is 73.5. The highest BCUT2D eigenvalue weighted by atomic mass is 127. The summed E-state index contributed by atoms with van der Waals surface area (Å²) >= 11 is 26.9. The molecular formula is C102H63Br7IN3. The summed E-state index contributed by atoms with van der Waals surface area (Å²) in [6, 6.07) is 132. The summed E-state index contributed by atoms with van der Waals surface area (Å²) in [6.45, 7) is 0. The monoisotopic (exact) mass is 2010 g/mol. The number of rotatable bonds is 8. The molecule has 0 aliphatic heterocycles. The lowest BCUT2D eigenvalue weighted by molar-refractivity contribution is 1.28. The molecule has 542 valence electrons. The molecule has 0 fully saturated rings. The van der Waals surface area contributed by atoms with Gasteiger partial charge >= 0.3 is 0 Å². The molecule has 113 heavy (non-hydrogen) atoms. The van der Waals surface area contributed by atoms with Crippen LogP contribution in [0.25, 0.3) is 141 Å². The van der Waals surface area contributed by atoms with E-state index >= 15 is 0 Å². The normalized spacial score (nSPS) is 11.4. The maximum atomic E-state index is 5.52. The number of nitrogen functional groups attached to an aromatic ring is 1. The Balaban J connectivity index is 0.000000108. The predicted octanol–water partition coefficient (Wildman–Crippen LogP) is 34.6. The summed E-state index contributed by atoms with van der Waals surface area (Å²) in [5, 5.41) is 23.9. The zero-order chi connectivity index (χ0) is 77.0. The Morgan fingerprint density at radius 1 is 0.195 bits per heavy atom. The van der Waals surface area contributed by atoms with Gasteiger partial charge in [0.2, 0.25) is 0 Å². The third kappa shape index (κ3) is 14.6. The van der Waals surface area contributed by atoms with Crippen LogP contribution in [-0.4, -0.2) is 0 Å². The number of para-hydroxylation sites is 4. The molecule has 0 bridgehead atoms. The number of halogens is 8. The maximum absolute atomic E-state index is 5.52. The maximum Gasteiger partial charge on any atom is 0.0473 e. The van der Waals surface area contributed by atoms with Gasteiger partial charge in [0, 0.05) is 74.7 Å². The van der Waals surface area contributed by atoms with Gasteiger partial charge in [-0.05, 0) is 323 Å². The fraction of sp³-hybridized carbons (Fsp3) is 0. The molecule has 1 aliphatic rings. The third-order valence-electron chi connectivity index (χ3n) is 21.2. The summed E-state index contributed by atoms with van der Waals surface area (Å²) < 4.78 is 8.69. The minimum atomic E-state index is 0.762. The van der Waals surface area contributed by atoms with Crippen molar-refractivity contribution in [2.45, 2.75) is 0 Å². The van der Waals surface area contributed by atoms with Crippen LogP contribution in [0, 0.1) is 3.57 Å². The molecule has 0 heterocycles. The fourth-order valence-electron chi connectivity index (χ4n) is 16.1. The molecule has 0 saturated carbocycles. The molecule has 0 radical (unpaired) electrons. The number of fused-ring (bicyclic) bond motifs is 3. The van der Waals surface area contributed by atoms with Crippen LogP contribution >= 0.6 is 134 Å². The summed E-state index contributed by atoms with van der Waals surface area (Å²) in [7, 11) is 0. The van der Waals surface area contributed by atoms with Crippen LogP contribution in [0.5, 0.6) is 0 Å². The minimum Gasteiger partial charge on any atom is -0.398 e. The van der Waals surface area contributed by atoms with E-state index in [1.807, 2.05) is 30.3 Å². The first-order valence-corrected chi connectivity index (χ1v) is 43.4. The molecule has 3 nitrogen and oxygen atoms in total. The van der Waals surface area contributed by atoms with Crippen LogP contribution in [0.15, 0.2) is 401 Å². The number of nitrogens with zero attached hydrogens (tertiary/aromatic N) is 2. The lowest BCUT2D eigenvalue weighted by Gasteiger charge is -2.26. The second-order valence-corrected chi connectivity index (χ2v) is 35.2. The number of anilines is 7. The molecule has 0 atom stereocenters. The topological polar surface area (TPSA) is 32.5 Å². The molecule has 0 aromatic heterocycles. The number of hydrogen-bond acceptors (Lipinski definition) is 3. The van der Waals surface area contributed by atoms with E-state index in [-0.39, 0.29) is 0 Å². The van der Waals surface area contributed by atoms with E-state index in [0.717, 1.165) is 65.4 Å². The van der Waals surface area contributed by atoms with Crippen molar-refractivity contribution in [3.8, 4) is 44.5 Å². The Hall–Kier alpha value is -9.77. The lowest BCUT2D eigenvalue weighted by Crippen LogP contribution is -2.09. The van der Waals surface area contributed by atoms with Gasteiger partial charge in [-0.1, -0.05) is 322 Å². The molecule has 22 rings (SSSR count). The van der Waals surface area contributed by atoms with E-state index in [9.17, 15) is 0 Å². The summed E-state index contributed by atoms with van der Waals surface area (Å²) in [6.07, 6.45) is 0. The van der Waals surface area contributed by atoms with E-state index in [2.05, 4.69) is 484 Å². The van der Waals surface area contributed by atoms with Crippen LogP contribution in [0.2, 0.25) is 0 Å². The highest BCUT2D eigenvalue weighted by Crippen LogP contribution is 2.54. The standard InChI is InChI=1S/C34H22BrN.C34H21N.C22H12Br2.C6H3Br2I.C6H5Br2N/c35-32-22-28(36(26-10-3-1-4-11-26)27-12-5-2-6-13-27)18-21-30(32)29-19-16-25-15-14-23-8-7-9-24-17-20-31(29)34(25)33(23)24;1-3-10-25(11-4-1)35(26-12-5-2-6-13-26)27-17-19-28-29-18-16-23-15-14-22-8-7-9-24-20-31(30(28)21-27)34(29)33(23)32(22)24;23-16-8-11-18(20(24)12-16)17-9-6-15-5-4-13-2-1-3-14-7-10-19(17)22(15)21(13)14;2*7-4-1-2-6(9)5(8)3-4/h1-22H;1-21H;1-12H;1-3H;1-3H,9H2. The highest BCUT2D eigenvalue weighted by Gasteiger charge is 2.27. The first-order valence-electron chi connectivity index (χ1n) is 36.8. The van der Waals surface area contributed by atoms with Crippen molar-refractivity contribution in [1.29, 1.82) is 0 Å². The van der Waals surface area contributed by atoms with Crippen molar-refractivity contribution in [2.24, 2.45) is 0 Å². The van der Waals surface area contributed by atoms with Gasteiger partial charge in [-0.3, -0.25) is 0 Å². The van der Waals surface area contributed by atoms with Crippen molar-refractivity contribution >= 4 is 271 Å². The van der Waals surface area contributed by atoms with E-state index < -0.39 is 0 Å². The second kappa shape index (κ2) is 32.3. The average Bonchev–Trinajstić information content (AvgIpc) is 1.56. The minimum absolute atomic E-state index is 0.762. The van der Waals surface area contributed by atoms with E-state index in [1.54, 1.807) is 0 Å². The molecule has 21 aromatic carbocycles. The van der Waals surface area contributed by atoms with Crippen molar-refractivity contribution in [3.05, 3.63) is 405 Å². The Kier molecular flexibility index (Phi) is 21.3. The molecule has 2 N–H and O–H groups in total. The van der Waals surface area contributed by atoms with Crippen LogP contribution in [0.1, 0.15) is 0 Å². The molecule has 21 aromatic rings. The molecule has 0 unspecified atom stereocenters. The SMILES string of the molecule is Brc1cc(N(c2ccccc2)c2ccccc2)ccc1-c1ccc2ccc3cccc4ccc1c2c34.Brc1ccc(-c2ccc3ccc4cccc5ccc2c3c45)c(Br)c1.Brc1ccc(I)c(Br)c1.Nc1ccc(Br)cc1Br.c1ccc(N(c2ccccc2)c2ccc3c(c2)-c2cc4cccc5ccc6ccc-3c2c6c54)cc1. The molecule has 1 aliphatic carbocycles. The summed E-state index contributed by atoms with van der Waals surface area (Å²) in [5.41, 5.74) is 23.4. The lowest BCUT2D eigenvalue weighted by atomic mass is 9.90. The molecule has 0 amide bonds. The quantitative estimate of drug-likeness (QED) is 0.0712. The van der Waals surface area contributed by atoms with E-state index in [4.69, 9.17) is 5.73 Å². The number of nitrogens with two attached hydrogens (primary N) is 1. The first kappa shape index (κ1) is 74.6. The van der Waals surface area contributed by atoms with E-state index in [0.29, 0.717) is 0 Å². The Labute approximate surface area is 727 Å². The predicted molar refractivity (Wildman–Crippen MR) is 519 cm³/mol. The third-order valence-corrected chi connectivity index (χ3v) is 27.0. The summed E-state index contributed by atoms with van der Waals surface area (Å²) in [5.74, 6) is 0. The number of benzene rings is 21. The Bertz CT molecular complexity index is 6970. The Morgan fingerprint density at radius 2 is 0.531 bits per heavy atom. The molecule has 0 spiro atoms.